The van der Waals surface area contributed by atoms with Gasteiger partial charge in [-0.05, 0) is 37.8 Å². The standard InChI is InChI=1S/C22H32N4O2/c1-2-21-23-19-5-3-4-6-20(19)26(21)16-11-22(28)25-12-7-17(8-13-25)24-14-9-18(27)10-15-24/h3-6,17-18,27H,2,7-16H2,1H3. The fourth-order valence-electron chi connectivity index (χ4n) is 4.74. The number of hydrogen-bond donors (Lipinski definition) is 1. The second-order valence-electron chi connectivity index (χ2n) is 8.15. The quantitative estimate of drug-likeness (QED) is 0.860. The summed E-state index contributed by atoms with van der Waals surface area (Å²) in [7, 11) is 0. The summed E-state index contributed by atoms with van der Waals surface area (Å²) in [6, 6.07) is 8.74. The highest BCUT2D eigenvalue weighted by molar-refractivity contribution is 5.78. The van der Waals surface area contributed by atoms with Crippen molar-refractivity contribution in [1.29, 1.82) is 0 Å². The topological polar surface area (TPSA) is 61.6 Å². The van der Waals surface area contributed by atoms with E-state index in [9.17, 15) is 9.90 Å². The highest BCUT2D eigenvalue weighted by Crippen LogP contribution is 2.22. The number of likely N-dealkylation sites (tertiary alicyclic amines) is 2. The lowest BCUT2D eigenvalue weighted by Crippen LogP contribution is -2.49. The van der Waals surface area contributed by atoms with Crippen LogP contribution >= 0.6 is 0 Å². The van der Waals surface area contributed by atoms with Crippen molar-refractivity contribution in [3.8, 4) is 0 Å². The number of carbonyl (C=O) groups is 1. The molecular weight excluding hydrogens is 352 g/mol. The minimum absolute atomic E-state index is 0.120. The Morgan fingerprint density at radius 2 is 1.82 bits per heavy atom. The molecule has 4 rings (SSSR count). The summed E-state index contributed by atoms with van der Waals surface area (Å²) >= 11 is 0. The molecule has 2 aromatic rings. The van der Waals surface area contributed by atoms with Gasteiger partial charge in [0.05, 0.1) is 17.1 Å². The number of hydrogen-bond acceptors (Lipinski definition) is 4. The normalized spacial score (nSPS) is 20.1. The number of piperidine rings is 2. The Bertz CT molecular complexity index is 802. The van der Waals surface area contributed by atoms with E-state index in [4.69, 9.17) is 4.98 Å². The number of rotatable bonds is 5. The van der Waals surface area contributed by atoms with Crippen LogP contribution in [0.3, 0.4) is 0 Å². The maximum Gasteiger partial charge on any atom is 0.224 e. The largest absolute Gasteiger partial charge is 0.393 e. The molecule has 0 radical (unpaired) electrons. The van der Waals surface area contributed by atoms with E-state index in [0.717, 1.165) is 75.1 Å². The zero-order valence-electron chi connectivity index (χ0n) is 16.9. The fourth-order valence-corrected chi connectivity index (χ4v) is 4.74. The summed E-state index contributed by atoms with van der Waals surface area (Å²) in [6.45, 7) is 6.51. The summed E-state index contributed by atoms with van der Waals surface area (Å²) in [5.74, 6) is 1.31. The lowest BCUT2D eigenvalue weighted by atomic mass is 9.99. The number of aryl methyl sites for hydroxylation is 2. The van der Waals surface area contributed by atoms with E-state index in [1.807, 2.05) is 23.1 Å². The number of imidazole rings is 1. The van der Waals surface area contributed by atoms with Crippen molar-refractivity contribution >= 4 is 16.9 Å². The molecule has 6 nitrogen and oxygen atoms in total. The average molecular weight is 385 g/mol. The first-order valence-electron chi connectivity index (χ1n) is 10.8. The van der Waals surface area contributed by atoms with Crippen molar-refractivity contribution in [3.63, 3.8) is 0 Å². The van der Waals surface area contributed by atoms with Gasteiger partial charge in [0.1, 0.15) is 5.82 Å². The number of amides is 1. The molecule has 0 bridgehead atoms. The van der Waals surface area contributed by atoms with E-state index in [1.165, 1.54) is 0 Å². The van der Waals surface area contributed by atoms with Crippen LogP contribution in [0.4, 0.5) is 0 Å². The zero-order valence-corrected chi connectivity index (χ0v) is 16.9. The Kier molecular flexibility index (Phi) is 5.97. The maximum atomic E-state index is 12.8. The number of fused-ring (bicyclic) bond motifs is 1. The van der Waals surface area contributed by atoms with Crippen LogP contribution in [-0.4, -0.2) is 68.7 Å². The van der Waals surface area contributed by atoms with Gasteiger partial charge >= 0.3 is 0 Å². The van der Waals surface area contributed by atoms with Crippen molar-refractivity contribution in [2.24, 2.45) is 0 Å². The van der Waals surface area contributed by atoms with Crippen molar-refractivity contribution < 1.29 is 9.90 Å². The van der Waals surface area contributed by atoms with Crippen LogP contribution in [0.2, 0.25) is 0 Å². The van der Waals surface area contributed by atoms with Crippen molar-refractivity contribution in [2.75, 3.05) is 26.2 Å². The summed E-state index contributed by atoms with van der Waals surface area (Å²) < 4.78 is 2.21. The van der Waals surface area contributed by atoms with Gasteiger partial charge in [0.25, 0.3) is 0 Å². The third-order valence-electron chi connectivity index (χ3n) is 6.43. The van der Waals surface area contributed by atoms with Gasteiger partial charge in [-0.15, -0.1) is 0 Å². The first-order chi connectivity index (χ1) is 13.7. The highest BCUT2D eigenvalue weighted by Gasteiger charge is 2.29. The summed E-state index contributed by atoms with van der Waals surface area (Å²) in [6.07, 6.45) is 5.17. The van der Waals surface area contributed by atoms with Crippen LogP contribution in [0.1, 0.15) is 44.9 Å². The van der Waals surface area contributed by atoms with E-state index < -0.39 is 0 Å². The maximum absolute atomic E-state index is 12.8. The van der Waals surface area contributed by atoms with Crippen molar-refractivity contribution in [1.82, 2.24) is 19.4 Å². The van der Waals surface area contributed by atoms with E-state index in [2.05, 4.69) is 22.5 Å². The van der Waals surface area contributed by atoms with E-state index in [-0.39, 0.29) is 12.0 Å². The monoisotopic (exact) mass is 384 g/mol. The number of aliphatic hydroxyl groups is 1. The number of nitrogens with zero attached hydrogens (tertiary/aromatic N) is 4. The minimum atomic E-state index is -0.120. The lowest BCUT2D eigenvalue weighted by molar-refractivity contribution is -0.133. The van der Waals surface area contributed by atoms with Crippen molar-refractivity contribution in [2.45, 2.75) is 64.1 Å². The predicted octanol–water partition coefficient (Wildman–Crippen LogP) is 2.44. The molecule has 0 spiro atoms. The SMILES string of the molecule is CCc1nc2ccccc2n1CCC(=O)N1CCC(N2CCC(O)CC2)CC1. The van der Waals surface area contributed by atoms with Crippen LogP contribution in [0.15, 0.2) is 24.3 Å². The molecule has 2 aliphatic heterocycles. The molecule has 0 saturated carbocycles. The second-order valence-corrected chi connectivity index (χ2v) is 8.15. The van der Waals surface area contributed by atoms with E-state index in [0.29, 0.717) is 19.0 Å². The number of para-hydroxylation sites is 2. The van der Waals surface area contributed by atoms with Gasteiger partial charge in [-0.3, -0.25) is 4.79 Å². The van der Waals surface area contributed by atoms with Crippen LogP contribution in [0, 0.1) is 0 Å². The van der Waals surface area contributed by atoms with Crippen LogP contribution in [-0.2, 0) is 17.8 Å². The van der Waals surface area contributed by atoms with E-state index >= 15 is 0 Å². The van der Waals surface area contributed by atoms with Gasteiger partial charge in [0.2, 0.25) is 5.91 Å². The first-order valence-corrected chi connectivity index (χ1v) is 10.8. The van der Waals surface area contributed by atoms with Crippen LogP contribution in [0.5, 0.6) is 0 Å². The molecular formula is C22H32N4O2. The summed E-state index contributed by atoms with van der Waals surface area (Å²) in [5, 5.41) is 9.69. The van der Waals surface area contributed by atoms with Crippen LogP contribution < -0.4 is 0 Å². The predicted molar refractivity (Wildman–Crippen MR) is 110 cm³/mol. The molecule has 3 heterocycles. The molecule has 6 heteroatoms. The summed E-state index contributed by atoms with van der Waals surface area (Å²) in [4.78, 5) is 22.1. The number of benzene rings is 1. The van der Waals surface area contributed by atoms with E-state index in [1.54, 1.807) is 0 Å². The van der Waals surface area contributed by atoms with Gasteiger partial charge in [-0.1, -0.05) is 19.1 Å². The average Bonchev–Trinajstić information content (AvgIpc) is 3.10. The molecule has 1 aromatic carbocycles. The number of aromatic nitrogens is 2. The fraction of sp³-hybridized carbons (Fsp3) is 0.636. The molecule has 0 unspecified atom stereocenters. The zero-order chi connectivity index (χ0) is 19.5. The second kappa shape index (κ2) is 8.62. The van der Waals surface area contributed by atoms with Gasteiger partial charge in [-0.25, -0.2) is 4.98 Å². The molecule has 0 aliphatic carbocycles. The minimum Gasteiger partial charge on any atom is -0.393 e. The van der Waals surface area contributed by atoms with Gasteiger partial charge in [0, 0.05) is 51.6 Å². The van der Waals surface area contributed by atoms with Gasteiger partial charge in [-0.2, -0.15) is 0 Å². The highest BCUT2D eigenvalue weighted by atomic mass is 16.3. The first kappa shape index (κ1) is 19.4. The molecule has 28 heavy (non-hydrogen) atoms. The van der Waals surface area contributed by atoms with Crippen molar-refractivity contribution in [3.05, 3.63) is 30.1 Å². The third kappa shape index (κ3) is 4.08. The molecule has 2 fully saturated rings. The van der Waals surface area contributed by atoms with Gasteiger partial charge in [0.15, 0.2) is 0 Å². The Hall–Kier alpha value is -1.92. The Morgan fingerprint density at radius 1 is 1.11 bits per heavy atom. The van der Waals surface area contributed by atoms with Crippen LogP contribution in [0.25, 0.3) is 11.0 Å². The number of aliphatic hydroxyl groups excluding tert-OH is 1. The number of carbonyl (C=O) groups excluding carboxylic acids is 1. The molecule has 0 atom stereocenters. The van der Waals surface area contributed by atoms with Gasteiger partial charge < -0.3 is 19.5 Å². The third-order valence-corrected chi connectivity index (χ3v) is 6.43. The molecule has 152 valence electrons. The Morgan fingerprint density at radius 3 is 2.54 bits per heavy atom. The smallest absolute Gasteiger partial charge is 0.224 e. The molecule has 1 aromatic heterocycles. The molecule has 2 saturated heterocycles. The summed E-state index contributed by atoms with van der Waals surface area (Å²) in [5.41, 5.74) is 2.14. The Labute approximate surface area is 167 Å². The lowest BCUT2D eigenvalue weighted by Gasteiger charge is -2.41. The Balaban J connectivity index is 1.31. The molecule has 2 aliphatic rings. The molecule has 1 N–H and O–H groups in total. The molecule has 1 amide bonds.